The molecule has 0 atom stereocenters. The van der Waals surface area contributed by atoms with Crippen LogP contribution in [0, 0.1) is 0 Å². The van der Waals surface area contributed by atoms with E-state index in [0.29, 0.717) is 17.1 Å². The van der Waals surface area contributed by atoms with Crippen LogP contribution < -0.4 is 5.32 Å². The fourth-order valence-corrected chi connectivity index (χ4v) is 2.11. The van der Waals surface area contributed by atoms with Gasteiger partial charge in [0.1, 0.15) is 23.0 Å². The number of anilines is 1. The maximum absolute atomic E-state index is 12.0. The fourth-order valence-electron chi connectivity index (χ4n) is 2.11. The monoisotopic (exact) mass is 322 g/mol. The highest BCUT2D eigenvalue weighted by molar-refractivity contribution is 6.49. The molecule has 6 nitrogen and oxygen atoms in total. The Balaban J connectivity index is 1.90. The molecule has 1 aliphatic rings. The lowest BCUT2D eigenvalue weighted by Gasteiger charge is -2.14. The van der Waals surface area contributed by atoms with E-state index in [9.17, 15) is 20.1 Å². The molecule has 0 aromatic heterocycles. The van der Waals surface area contributed by atoms with Crippen LogP contribution >= 0.6 is 0 Å². The molecule has 3 rings (SSSR count). The Bertz CT molecular complexity index is 863. The molecule has 0 saturated heterocycles. The first kappa shape index (κ1) is 15.4. The van der Waals surface area contributed by atoms with Crippen molar-refractivity contribution in [3.63, 3.8) is 0 Å². The number of carbonyl (C=O) groups excluding carboxylic acids is 1. The molecule has 24 heavy (non-hydrogen) atoms. The average molecular weight is 322 g/mol. The number of nitrogens with one attached hydrogen (secondary N) is 1. The molecule has 0 heterocycles. The number of aliphatic imine (C=N–C) groups is 1. The second-order valence-electron chi connectivity index (χ2n) is 5.14. The third-order valence-corrected chi connectivity index (χ3v) is 3.32. The Morgan fingerprint density at radius 1 is 0.792 bits per heavy atom. The summed E-state index contributed by atoms with van der Waals surface area (Å²) in [5.41, 5.74) is 1.61. The number of aliphatic hydroxyl groups excluding tert-OH is 1. The zero-order chi connectivity index (χ0) is 17.1. The van der Waals surface area contributed by atoms with Crippen molar-refractivity contribution in [1.82, 2.24) is 0 Å². The molecule has 0 unspecified atom stereocenters. The van der Waals surface area contributed by atoms with Crippen molar-refractivity contribution < 1.29 is 20.1 Å². The molecule has 0 bridgehead atoms. The largest absolute Gasteiger partial charge is 0.508 e. The zero-order valence-electron chi connectivity index (χ0n) is 12.5. The number of allylic oxidation sites excluding steroid dienone is 2. The van der Waals surface area contributed by atoms with Crippen molar-refractivity contribution in [3.05, 3.63) is 72.1 Å². The van der Waals surface area contributed by atoms with Crippen molar-refractivity contribution >= 4 is 22.9 Å². The van der Waals surface area contributed by atoms with Gasteiger partial charge in [0.15, 0.2) is 0 Å². The lowest BCUT2D eigenvalue weighted by Crippen LogP contribution is -2.18. The van der Waals surface area contributed by atoms with Crippen LogP contribution in [-0.2, 0) is 4.79 Å². The number of nitrogens with zero attached hydrogens (tertiary/aromatic N) is 1. The molecule has 0 spiro atoms. The molecule has 0 amide bonds. The van der Waals surface area contributed by atoms with E-state index < -0.39 is 5.78 Å². The van der Waals surface area contributed by atoms with Crippen molar-refractivity contribution in [2.75, 3.05) is 5.32 Å². The second kappa shape index (κ2) is 6.29. The molecular weight excluding hydrogens is 308 g/mol. The number of aliphatic hydroxyl groups is 1. The zero-order valence-corrected chi connectivity index (χ0v) is 12.5. The molecule has 0 aliphatic heterocycles. The lowest BCUT2D eigenvalue weighted by molar-refractivity contribution is -0.109. The summed E-state index contributed by atoms with van der Waals surface area (Å²) >= 11 is 0. The average Bonchev–Trinajstić information content (AvgIpc) is 2.56. The first-order chi connectivity index (χ1) is 11.5. The van der Waals surface area contributed by atoms with E-state index in [1.165, 1.54) is 30.3 Å². The molecule has 2 aromatic carbocycles. The van der Waals surface area contributed by atoms with E-state index in [2.05, 4.69) is 10.3 Å². The normalized spacial score (nSPS) is 15.8. The van der Waals surface area contributed by atoms with E-state index in [0.717, 1.165) is 6.08 Å². The summed E-state index contributed by atoms with van der Waals surface area (Å²) in [7, 11) is 0. The molecule has 120 valence electrons. The number of phenolic OH excluding ortho intramolecular Hbond substituents is 2. The number of phenols is 2. The minimum Gasteiger partial charge on any atom is -0.508 e. The molecule has 2 aromatic rings. The van der Waals surface area contributed by atoms with Crippen molar-refractivity contribution in [1.29, 1.82) is 0 Å². The van der Waals surface area contributed by atoms with Crippen LogP contribution in [0.1, 0.15) is 0 Å². The van der Waals surface area contributed by atoms with Crippen LogP contribution in [0.4, 0.5) is 11.4 Å². The number of ketones is 1. The van der Waals surface area contributed by atoms with Crippen LogP contribution in [0.5, 0.6) is 11.5 Å². The standard InChI is InChI=1S/C18H14N2O4/c21-13-5-1-11(2-6-13)19-15-9-16(18(24)10-17(15)23)20-12-3-7-14(22)8-4-12/h1-10,19,21-23H. The predicted molar refractivity (Wildman–Crippen MR) is 90.7 cm³/mol. The molecule has 6 heteroatoms. The highest BCUT2D eigenvalue weighted by Gasteiger charge is 2.18. The highest BCUT2D eigenvalue weighted by atomic mass is 16.3. The van der Waals surface area contributed by atoms with Gasteiger partial charge in [-0.05, 0) is 54.6 Å². The van der Waals surface area contributed by atoms with Crippen molar-refractivity contribution in [2.24, 2.45) is 4.99 Å². The Labute approximate surface area is 137 Å². The van der Waals surface area contributed by atoms with Gasteiger partial charge in [-0.25, -0.2) is 4.99 Å². The number of hydrogen-bond donors (Lipinski definition) is 4. The van der Waals surface area contributed by atoms with Gasteiger partial charge in [-0.1, -0.05) is 0 Å². The fraction of sp³-hybridized carbons (Fsp3) is 0. The molecule has 0 fully saturated rings. The first-order valence-electron chi connectivity index (χ1n) is 7.12. The van der Waals surface area contributed by atoms with Crippen LogP contribution in [-0.4, -0.2) is 26.8 Å². The maximum Gasteiger partial charge on any atom is 0.208 e. The Hall–Kier alpha value is -3.54. The topological polar surface area (TPSA) is 102 Å². The van der Waals surface area contributed by atoms with Gasteiger partial charge in [0, 0.05) is 11.8 Å². The predicted octanol–water partition coefficient (Wildman–Crippen LogP) is 3.19. The quantitative estimate of drug-likeness (QED) is 0.513. The second-order valence-corrected chi connectivity index (χ2v) is 5.14. The van der Waals surface area contributed by atoms with Gasteiger partial charge in [0.25, 0.3) is 0 Å². The summed E-state index contributed by atoms with van der Waals surface area (Å²) in [5.74, 6) is -0.381. The van der Waals surface area contributed by atoms with Crippen LogP contribution in [0.2, 0.25) is 0 Å². The molecule has 0 radical (unpaired) electrons. The SMILES string of the molecule is O=C1C=C(O)C(Nc2ccc(O)cc2)=CC1=Nc1ccc(O)cc1. The van der Waals surface area contributed by atoms with Gasteiger partial charge < -0.3 is 20.6 Å². The van der Waals surface area contributed by atoms with Gasteiger partial charge in [-0.2, -0.15) is 0 Å². The van der Waals surface area contributed by atoms with Crippen LogP contribution in [0.15, 0.2) is 77.1 Å². The van der Waals surface area contributed by atoms with Gasteiger partial charge in [0.2, 0.25) is 5.78 Å². The first-order valence-corrected chi connectivity index (χ1v) is 7.12. The smallest absolute Gasteiger partial charge is 0.208 e. The third-order valence-electron chi connectivity index (χ3n) is 3.32. The Kier molecular flexibility index (Phi) is 4.03. The van der Waals surface area contributed by atoms with E-state index in [4.69, 9.17) is 0 Å². The number of rotatable bonds is 3. The van der Waals surface area contributed by atoms with Crippen molar-refractivity contribution in [3.8, 4) is 11.5 Å². The molecule has 0 saturated carbocycles. The summed E-state index contributed by atoms with van der Waals surface area (Å²) in [4.78, 5) is 16.2. The maximum atomic E-state index is 12.0. The summed E-state index contributed by atoms with van der Waals surface area (Å²) in [5, 5.41) is 31.5. The summed E-state index contributed by atoms with van der Waals surface area (Å²) in [6.45, 7) is 0. The summed E-state index contributed by atoms with van der Waals surface area (Å²) in [6, 6.07) is 12.4. The molecule has 4 N–H and O–H groups in total. The number of hydrogen-bond acceptors (Lipinski definition) is 6. The summed E-state index contributed by atoms with van der Waals surface area (Å²) in [6.07, 6.45) is 2.53. The molecular formula is C18H14N2O4. The Morgan fingerprint density at radius 3 is 2.00 bits per heavy atom. The van der Waals surface area contributed by atoms with Crippen LogP contribution in [0.25, 0.3) is 0 Å². The van der Waals surface area contributed by atoms with Gasteiger partial charge in [-0.3, -0.25) is 4.79 Å². The van der Waals surface area contributed by atoms with E-state index in [-0.39, 0.29) is 23.0 Å². The number of benzene rings is 2. The highest BCUT2D eigenvalue weighted by Crippen LogP contribution is 2.22. The van der Waals surface area contributed by atoms with Gasteiger partial charge >= 0.3 is 0 Å². The van der Waals surface area contributed by atoms with Gasteiger partial charge in [0.05, 0.1) is 11.4 Å². The van der Waals surface area contributed by atoms with E-state index in [1.54, 1.807) is 24.3 Å². The molecule has 1 aliphatic carbocycles. The lowest BCUT2D eigenvalue weighted by atomic mass is 10.1. The number of carbonyl (C=O) groups is 1. The minimum absolute atomic E-state index is 0.108. The van der Waals surface area contributed by atoms with E-state index >= 15 is 0 Å². The van der Waals surface area contributed by atoms with Gasteiger partial charge in [-0.15, -0.1) is 0 Å². The summed E-state index contributed by atoms with van der Waals surface area (Å²) < 4.78 is 0. The van der Waals surface area contributed by atoms with Crippen molar-refractivity contribution in [2.45, 2.75) is 0 Å². The van der Waals surface area contributed by atoms with E-state index in [1.807, 2.05) is 0 Å². The number of aromatic hydroxyl groups is 2. The third kappa shape index (κ3) is 3.44. The Morgan fingerprint density at radius 2 is 1.38 bits per heavy atom. The minimum atomic E-state index is -0.420. The van der Waals surface area contributed by atoms with Crippen LogP contribution in [0.3, 0.4) is 0 Å².